The highest BCUT2D eigenvalue weighted by Crippen LogP contribution is 2.20. The summed E-state index contributed by atoms with van der Waals surface area (Å²) in [5, 5.41) is 0.661. The summed E-state index contributed by atoms with van der Waals surface area (Å²) in [7, 11) is 0. The van der Waals surface area contributed by atoms with Crippen LogP contribution in [-0.4, -0.2) is 0 Å². The molecule has 16 heavy (non-hydrogen) atoms. The van der Waals surface area contributed by atoms with Gasteiger partial charge in [-0.05, 0) is 35.9 Å². The number of hydrogen-bond donors (Lipinski definition) is 1. The normalized spacial score (nSPS) is 10.6. The standard InChI is InChI=1S/C12H12ClNO2/c13-12-4-3-10(14)6-9(12)7-15-8-11-2-1-5-16-11/h1-6H,7-8,14H2. The first-order valence-electron chi connectivity index (χ1n) is 4.90. The molecule has 2 rings (SSSR count). The second-order valence-electron chi connectivity index (χ2n) is 3.42. The summed E-state index contributed by atoms with van der Waals surface area (Å²) in [6.45, 7) is 0.850. The molecule has 0 fully saturated rings. The van der Waals surface area contributed by atoms with E-state index in [0.29, 0.717) is 23.9 Å². The molecule has 2 aromatic rings. The number of nitrogens with two attached hydrogens (primary N) is 1. The highest BCUT2D eigenvalue weighted by molar-refractivity contribution is 6.31. The van der Waals surface area contributed by atoms with Crippen molar-refractivity contribution >= 4 is 17.3 Å². The van der Waals surface area contributed by atoms with Crippen molar-refractivity contribution in [1.29, 1.82) is 0 Å². The molecule has 0 radical (unpaired) electrons. The molecular weight excluding hydrogens is 226 g/mol. The van der Waals surface area contributed by atoms with E-state index in [1.54, 1.807) is 18.4 Å². The summed E-state index contributed by atoms with van der Waals surface area (Å²) in [5.41, 5.74) is 7.23. The van der Waals surface area contributed by atoms with Gasteiger partial charge in [-0.3, -0.25) is 0 Å². The van der Waals surface area contributed by atoms with Crippen molar-refractivity contribution in [3.05, 3.63) is 52.9 Å². The zero-order valence-electron chi connectivity index (χ0n) is 8.65. The van der Waals surface area contributed by atoms with E-state index in [0.717, 1.165) is 11.3 Å². The highest BCUT2D eigenvalue weighted by atomic mass is 35.5. The Balaban J connectivity index is 1.92. The SMILES string of the molecule is Nc1ccc(Cl)c(COCc2ccco2)c1. The van der Waals surface area contributed by atoms with Crippen LogP contribution in [0.5, 0.6) is 0 Å². The van der Waals surface area contributed by atoms with Gasteiger partial charge in [0.2, 0.25) is 0 Å². The first kappa shape index (κ1) is 11.0. The number of benzene rings is 1. The lowest BCUT2D eigenvalue weighted by atomic mass is 10.2. The Morgan fingerprint density at radius 1 is 1.25 bits per heavy atom. The fourth-order valence-electron chi connectivity index (χ4n) is 1.36. The molecule has 2 N–H and O–H groups in total. The number of rotatable bonds is 4. The molecule has 0 aliphatic carbocycles. The van der Waals surface area contributed by atoms with Crippen LogP contribution in [-0.2, 0) is 18.0 Å². The van der Waals surface area contributed by atoms with Crippen LogP contribution in [0.2, 0.25) is 5.02 Å². The van der Waals surface area contributed by atoms with E-state index in [9.17, 15) is 0 Å². The number of anilines is 1. The van der Waals surface area contributed by atoms with Gasteiger partial charge in [-0.15, -0.1) is 0 Å². The molecule has 0 bridgehead atoms. The molecule has 4 heteroatoms. The smallest absolute Gasteiger partial charge is 0.129 e. The second kappa shape index (κ2) is 5.05. The van der Waals surface area contributed by atoms with Gasteiger partial charge in [-0.25, -0.2) is 0 Å². The topological polar surface area (TPSA) is 48.4 Å². The van der Waals surface area contributed by atoms with Crippen LogP contribution in [0, 0.1) is 0 Å². The summed E-state index contributed by atoms with van der Waals surface area (Å²) in [6.07, 6.45) is 1.62. The van der Waals surface area contributed by atoms with E-state index in [4.69, 9.17) is 26.5 Å². The van der Waals surface area contributed by atoms with Gasteiger partial charge in [-0.2, -0.15) is 0 Å². The fourth-order valence-corrected chi connectivity index (χ4v) is 1.53. The first-order valence-corrected chi connectivity index (χ1v) is 5.27. The minimum absolute atomic E-state index is 0.421. The molecule has 3 nitrogen and oxygen atoms in total. The molecule has 0 spiro atoms. The van der Waals surface area contributed by atoms with Gasteiger partial charge in [-0.1, -0.05) is 11.6 Å². The van der Waals surface area contributed by atoms with Gasteiger partial charge < -0.3 is 14.9 Å². The predicted octanol–water partition coefficient (Wildman–Crippen LogP) is 3.23. The van der Waals surface area contributed by atoms with Gasteiger partial charge in [0.25, 0.3) is 0 Å². The Morgan fingerprint density at radius 2 is 2.12 bits per heavy atom. The third-order valence-corrected chi connectivity index (χ3v) is 2.52. The molecule has 1 aromatic heterocycles. The minimum Gasteiger partial charge on any atom is -0.467 e. The Bertz CT molecular complexity index is 454. The van der Waals surface area contributed by atoms with Gasteiger partial charge in [0, 0.05) is 10.7 Å². The summed E-state index contributed by atoms with van der Waals surface area (Å²) in [6, 6.07) is 9.03. The van der Waals surface area contributed by atoms with Crippen molar-refractivity contribution < 1.29 is 9.15 Å². The maximum atomic E-state index is 6.00. The minimum atomic E-state index is 0.421. The first-order chi connectivity index (χ1) is 7.75. The number of ether oxygens (including phenoxy) is 1. The summed E-state index contributed by atoms with van der Waals surface area (Å²) >= 11 is 6.00. The number of nitrogen functional groups attached to an aromatic ring is 1. The van der Waals surface area contributed by atoms with Gasteiger partial charge >= 0.3 is 0 Å². The molecule has 0 atom stereocenters. The van der Waals surface area contributed by atoms with Crippen LogP contribution in [0.15, 0.2) is 41.0 Å². The number of halogens is 1. The lowest BCUT2D eigenvalue weighted by molar-refractivity contribution is 0.0930. The van der Waals surface area contributed by atoms with E-state index in [1.807, 2.05) is 18.2 Å². The Hall–Kier alpha value is -1.45. The van der Waals surface area contributed by atoms with Crippen LogP contribution in [0.1, 0.15) is 11.3 Å². The molecule has 84 valence electrons. The molecule has 0 amide bonds. The van der Waals surface area contributed by atoms with Crippen LogP contribution in [0.4, 0.5) is 5.69 Å². The largest absolute Gasteiger partial charge is 0.467 e. The van der Waals surface area contributed by atoms with Crippen molar-refractivity contribution in [3.63, 3.8) is 0 Å². The molecule has 1 heterocycles. The van der Waals surface area contributed by atoms with E-state index in [-0.39, 0.29) is 0 Å². The quantitative estimate of drug-likeness (QED) is 0.831. The van der Waals surface area contributed by atoms with Crippen molar-refractivity contribution in [1.82, 2.24) is 0 Å². The lowest BCUT2D eigenvalue weighted by Gasteiger charge is -2.05. The van der Waals surface area contributed by atoms with Crippen LogP contribution in [0.25, 0.3) is 0 Å². The molecule has 0 aliphatic rings. The van der Waals surface area contributed by atoms with Gasteiger partial charge in [0.15, 0.2) is 0 Å². The Morgan fingerprint density at radius 3 is 2.88 bits per heavy atom. The summed E-state index contributed by atoms with van der Waals surface area (Å²) in [4.78, 5) is 0. The van der Waals surface area contributed by atoms with Crippen LogP contribution >= 0.6 is 11.6 Å². The molecule has 0 aliphatic heterocycles. The monoisotopic (exact) mass is 237 g/mol. The Kier molecular flexibility index (Phi) is 3.49. The highest BCUT2D eigenvalue weighted by Gasteiger charge is 2.02. The van der Waals surface area contributed by atoms with Crippen molar-refractivity contribution in [2.24, 2.45) is 0 Å². The average Bonchev–Trinajstić information content (AvgIpc) is 2.76. The third-order valence-electron chi connectivity index (χ3n) is 2.15. The maximum Gasteiger partial charge on any atom is 0.129 e. The zero-order chi connectivity index (χ0) is 11.4. The van der Waals surface area contributed by atoms with Crippen molar-refractivity contribution in [2.45, 2.75) is 13.2 Å². The summed E-state index contributed by atoms with van der Waals surface area (Å²) in [5.74, 6) is 0.792. The molecule has 0 saturated heterocycles. The second-order valence-corrected chi connectivity index (χ2v) is 3.83. The average molecular weight is 238 g/mol. The molecule has 0 unspecified atom stereocenters. The van der Waals surface area contributed by atoms with E-state index < -0.39 is 0 Å². The van der Waals surface area contributed by atoms with Crippen LogP contribution < -0.4 is 5.73 Å². The number of hydrogen-bond acceptors (Lipinski definition) is 3. The van der Waals surface area contributed by atoms with E-state index in [2.05, 4.69) is 0 Å². The zero-order valence-corrected chi connectivity index (χ0v) is 9.41. The lowest BCUT2D eigenvalue weighted by Crippen LogP contribution is -1.95. The third kappa shape index (κ3) is 2.78. The Labute approximate surface area is 98.8 Å². The van der Waals surface area contributed by atoms with Gasteiger partial charge in [0.1, 0.15) is 12.4 Å². The number of furan rings is 1. The van der Waals surface area contributed by atoms with Crippen molar-refractivity contribution in [3.8, 4) is 0 Å². The fraction of sp³-hybridized carbons (Fsp3) is 0.167. The van der Waals surface area contributed by atoms with E-state index >= 15 is 0 Å². The van der Waals surface area contributed by atoms with Crippen LogP contribution in [0.3, 0.4) is 0 Å². The predicted molar refractivity (Wildman–Crippen MR) is 63.1 cm³/mol. The molecule has 1 aromatic carbocycles. The molecule has 0 saturated carbocycles. The maximum absolute atomic E-state index is 6.00. The van der Waals surface area contributed by atoms with Gasteiger partial charge in [0.05, 0.1) is 12.9 Å². The summed E-state index contributed by atoms with van der Waals surface area (Å²) < 4.78 is 10.6. The van der Waals surface area contributed by atoms with E-state index in [1.165, 1.54) is 0 Å². The van der Waals surface area contributed by atoms with Crippen molar-refractivity contribution in [2.75, 3.05) is 5.73 Å². The molecular formula is C12H12ClNO2.